The SMILES string of the molecule is CCOC(=O)CC(O)c1c(Cl)cccc1Br. The molecule has 0 aliphatic rings. The van der Waals surface area contributed by atoms with Crippen molar-refractivity contribution < 1.29 is 14.6 Å². The molecule has 0 saturated carbocycles. The number of hydrogen-bond donors (Lipinski definition) is 1. The molecule has 1 aromatic rings. The predicted octanol–water partition coefficient (Wildman–Crippen LogP) is 3.09. The van der Waals surface area contributed by atoms with E-state index in [9.17, 15) is 9.90 Å². The zero-order chi connectivity index (χ0) is 12.1. The van der Waals surface area contributed by atoms with Gasteiger partial charge in [0, 0.05) is 15.1 Å². The highest BCUT2D eigenvalue weighted by molar-refractivity contribution is 9.10. The van der Waals surface area contributed by atoms with Crippen molar-refractivity contribution in [3.05, 3.63) is 33.3 Å². The number of ether oxygens (including phenoxy) is 1. The first kappa shape index (κ1) is 13.5. The summed E-state index contributed by atoms with van der Waals surface area (Å²) in [6.07, 6.45) is -1.06. The van der Waals surface area contributed by atoms with Crippen LogP contribution >= 0.6 is 27.5 Å². The van der Waals surface area contributed by atoms with Gasteiger partial charge in [-0.1, -0.05) is 33.6 Å². The lowest BCUT2D eigenvalue weighted by Crippen LogP contribution is -2.10. The lowest BCUT2D eigenvalue weighted by molar-refractivity contribution is -0.145. The van der Waals surface area contributed by atoms with Gasteiger partial charge in [-0.25, -0.2) is 0 Å². The van der Waals surface area contributed by atoms with E-state index < -0.39 is 12.1 Å². The molecule has 0 aromatic heterocycles. The molecule has 88 valence electrons. The fourth-order valence-corrected chi connectivity index (χ4v) is 2.35. The average Bonchev–Trinajstić information content (AvgIpc) is 2.17. The summed E-state index contributed by atoms with van der Waals surface area (Å²) in [5.41, 5.74) is 0.511. The van der Waals surface area contributed by atoms with Crippen LogP contribution in [0.2, 0.25) is 5.02 Å². The van der Waals surface area contributed by atoms with Crippen molar-refractivity contribution in [1.29, 1.82) is 0 Å². The fourth-order valence-electron chi connectivity index (χ4n) is 1.31. The van der Waals surface area contributed by atoms with Gasteiger partial charge in [-0.15, -0.1) is 0 Å². The van der Waals surface area contributed by atoms with Crippen LogP contribution in [-0.2, 0) is 9.53 Å². The summed E-state index contributed by atoms with van der Waals surface area (Å²) in [5, 5.41) is 10.3. The fraction of sp³-hybridized carbons (Fsp3) is 0.364. The Bertz CT molecular complexity index is 361. The maximum absolute atomic E-state index is 11.2. The number of esters is 1. The highest BCUT2D eigenvalue weighted by Gasteiger charge is 2.18. The second-order valence-electron chi connectivity index (χ2n) is 3.16. The lowest BCUT2D eigenvalue weighted by atomic mass is 10.1. The van der Waals surface area contributed by atoms with Crippen molar-refractivity contribution in [3.63, 3.8) is 0 Å². The second kappa shape index (κ2) is 6.23. The van der Waals surface area contributed by atoms with Gasteiger partial charge >= 0.3 is 5.97 Å². The molecular formula is C11H12BrClO3. The van der Waals surface area contributed by atoms with Crippen LogP contribution in [0.4, 0.5) is 0 Å². The van der Waals surface area contributed by atoms with Crippen molar-refractivity contribution >= 4 is 33.5 Å². The highest BCUT2D eigenvalue weighted by atomic mass is 79.9. The first-order chi connectivity index (χ1) is 7.56. The maximum Gasteiger partial charge on any atom is 0.308 e. The van der Waals surface area contributed by atoms with Gasteiger partial charge in [0.25, 0.3) is 0 Å². The van der Waals surface area contributed by atoms with Crippen LogP contribution in [-0.4, -0.2) is 17.7 Å². The van der Waals surface area contributed by atoms with Crippen molar-refractivity contribution in [3.8, 4) is 0 Å². The Morgan fingerprint density at radius 1 is 1.62 bits per heavy atom. The van der Waals surface area contributed by atoms with E-state index in [0.29, 0.717) is 21.7 Å². The normalized spacial score (nSPS) is 12.2. The summed E-state index contributed by atoms with van der Waals surface area (Å²) in [6, 6.07) is 5.18. The van der Waals surface area contributed by atoms with E-state index in [1.54, 1.807) is 25.1 Å². The molecule has 1 aromatic carbocycles. The molecule has 0 aliphatic carbocycles. The van der Waals surface area contributed by atoms with E-state index in [-0.39, 0.29) is 6.42 Å². The molecule has 0 heterocycles. The van der Waals surface area contributed by atoms with Gasteiger partial charge in [0.2, 0.25) is 0 Å². The standard InChI is InChI=1S/C11H12BrClO3/c1-2-16-10(15)6-9(14)11-7(12)4-3-5-8(11)13/h3-5,9,14H,2,6H2,1H3. The second-order valence-corrected chi connectivity index (χ2v) is 4.42. The first-order valence-corrected chi connectivity index (χ1v) is 6.01. The van der Waals surface area contributed by atoms with Crippen molar-refractivity contribution in [2.45, 2.75) is 19.4 Å². The maximum atomic E-state index is 11.2. The minimum absolute atomic E-state index is 0.101. The van der Waals surface area contributed by atoms with E-state index in [2.05, 4.69) is 15.9 Å². The third kappa shape index (κ3) is 3.47. The Labute approximate surface area is 107 Å². The number of aliphatic hydroxyl groups is 1. The number of hydrogen-bond acceptors (Lipinski definition) is 3. The largest absolute Gasteiger partial charge is 0.466 e. The van der Waals surface area contributed by atoms with Gasteiger partial charge in [0.15, 0.2) is 0 Å². The molecule has 0 saturated heterocycles. The minimum atomic E-state index is -0.956. The van der Waals surface area contributed by atoms with Crippen molar-refractivity contribution in [1.82, 2.24) is 0 Å². The summed E-state index contributed by atoms with van der Waals surface area (Å²) >= 11 is 9.22. The number of halogens is 2. The summed E-state index contributed by atoms with van der Waals surface area (Å²) < 4.78 is 5.43. The number of benzene rings is 1. The molecule has 1 N–H and O–H groups in total. The van der Waals surface area contributed by atoms with Gasteiger partial charge < -0.3 is 9.84 Å². The molecule has 0 fully saturated rings. The van der Waals surface area contributed by atoms with E-state index in [1.165, 1.54) is 0 Å². The van der Waals surface area contributed by atoms with Crippen LogP contribution < -0.4 is 0 Å². The summed E-state index contributed by atoms with van der Waals surface area (Å²) in [4.78, 5) is 11.2. The van der Waals surface area contributed by atoms with Gasteiger partial charge in [-0.3, -0.25) is 4.79 Å². The van der Waals surface area contributed by atoms with E-state index in [4.69, 9.17) is 16.3 Å². The smallest absolute Gasteiger partial charge is 0.308 e. The molecule has 0 amide bonds. The van der Waals surface area contributed by atoms with Crippen LogP contribution in [0, 0.1) is 0 Å². The summed E-state index contributed by atoms with van der Waals surface area (Å²) in [7, 11) is 0. The highest BCUT2D eigenvalue weighted by Crippen LogP contribution is 2.32. The molecule has 1 rings (SSSR count). The Hall–Kier alpha value is -0.580. The predicted molar refractivity (Wildman–Crippen MR) is 65.4 cm³/mol. The van der Waals surface area contributed by atoms with Crippen LogP contribution in [0.5, 0.6) is 0 Å². The molecule has 16 heavy (non-hydrogen) atoms. The van der Waals surface area contributed by atoms with Crippen molar-refractivity contribution in [2.75, 3.05) is 6.61 Å². The first-order valence-electron chi connectivity index (χ1n) is 4.83. The van der Waals surface area contributed by atoms with Crippen molar-refractivity contribution in [2.24, 2.45) is 0 Å². The molecule has 5 heteroatoms. The zero-order valence-electron chi connectivity index (χ0n) is 8.74. The number of carbonyl (C=O) groups is 1. The van der Waals surface area contributed by atoms with E-state index >= 15 is 0 Å². The Morgan fingerprint density at radius 2 is 2.31 bits per heavy atom. The number of aliphatic hydroxyl groups excluding tert-OH is 1. The molecule has 0 aliphatic heterocycles. The van der Waals surface area contributed by atoms with Gasteiger partial charge in [0.05, 0.1) is 19.1 Å². The Morgan fingerprint density at radius 3 is 2.88 bits per heavy atom. The van der Waals surface area contributed by atoms with Crippen LogP contribution in [0.1, 0.15) is 25.0 Å². The van der Waals surface area contributed by atoms with Crippen LogP contribution in [0.25, 0.3) is 0 Å². The summed E-state index contributed by atoms with van der Waals surface area (Å²) in [6.45, 7) is 2.02. The molecule has 1 unspecified atom stereocenters. The number of carbonyl (C=O) groups excluding carboxylic acids is 1. The molecule has 0 radical (unpaired) electrons. The number of rotatable bonds is 4. The molecule has 1 atom stereocenters. The zero-order valence-corrected chi connectivity index (χ0v) is 11.1. The monoisotopic (exact) mass is 306 g/mol. The van der Waals surface area contributed by atoms with Gasteiger partial charge in [0.1, 0.15) is 0 Å². The van der Waals surface area contributed by atoms with Crippen LogP contribution in [0.3, 0.4) is 0 Å². The Balaban J connectivity index is 2.80. The average molecular weight is 308 g/mol. The third-order valence-corrected chi connectivity index (χ3v) is 3.02. The van der Waals surface area contributed by atoms with Gasteiger partial charge in [-0.2, -0.15) is 0 Å². The molecular weight excluding hydrogens is 295 g/mol. The quantitative estimate of drug-likeness (QED) is 0.870. The third-order valence-electron chi connectivity index (χ3n) is 2.00. The topological polar surface area (TPSA) is 46.5 Å². The molecule has 0 bridgehead atoms. The molecule has 0 spiro atoms. The van der Waals surface area contributed by atoms with E-state index in [1.807, 2.05) is 0 Å². The van der Waals surface area contributed by atoms with Crippen LogP contribution in [0.15, 0.2) is 22.7 Å². The van der Waals surface area contributed by atoms with E-state index in [0.717, 1.165) is 0 Å². The summed E-state index contributed by atoms with van der Waals surface area (Å²) in [5.74, 6) is -0.443. The minimum Gasteiger partial charge on any atom is -0.466 e. The van der Waals surface area contributed by atoms with Gasteiger partial charge in [-0.05, 0) is 19.1 Å². The Kier molecular flexibility index (Phi) is 5.25. The molecule has 3 nitrogen and oxygen atoms in total. The lowest BCUT2D eigenvalue weighted by Gasteiger charge is -2.13.